The molecule has 0 unspecified atom stereocenters. The van der Waals surface area contributed by atoms with Crippen LogP contribution in [0.4, 0.5) is 0 Å². The molecular weight excluding hydrogens is 340 g/mol. The van der Waals surface area contributed by atoms with Crippen molar-refractivity contribution in [1.82, 2.24) is 9.97 Å². The lowest BCUT2D eigenvalue weighted by Gasteiger charge is -2.37. The van der Waals surface area contributed by atoms with E-state index >= 15 is 0 Å². The highest BCUT2D eigenvalue weighted by Gasteiger charge is 2.40. The van der Waals surface area contributed by atoms with Crippen molar-refractivity contribution in [2.45, 2.75) is 5.92 Å². The molecule has 4 rings (SSSR count). The molecule has 0 saturated carbocycles. The summed E-state index contributed by atoms with van der Waals surface area (Å²) in [4.78, 5) is 28.5. The third-order valence-electron chi connectivity index (χ3n) is 3.93. The fourth-order valence-corrected chi connectivity index (χ4v) is 3.42. The Morgan fingerprint density at radius 3 is 2.81 bits per heavy atom. The summed E-state index contributed by atoms with van der Waals surface area (Å²) in [5.41, 5.74) is 0.436. The lowest BCUT2D eigenvalue weighted by atomic mass is 9.79. The second kappa shape index (κ2) is 4.49. The Hall–Kier alpha value is -2.02. The second-order valence-electron chi connectivity index (χ2n) is 5.19. The number of halogens is 1. The van der Waals surface area contributed by atoms with Gasteiger partial charge >= 0.3 is 5.69 Å². The Kier molecular flexibility index (Phi) is 2.72. The minimum absolute atomic E-state index is 0.0475. The lowest BCUT2D eigenvalue weighted by molar-refractivity contribution is 0.121. The van der Waals surface area contributed by atoms with Crippen molar-refractivity contribution in [3.8, 4) is 11.6 Å². The third kappa shape index (κ3) is 1.91. The highest BCUT2D eigenvalue weighted by Crippen LogP contribution is 2.45. The number of nitrogens with one attached hydrogen (secondary N) is 2. The Balaban J connectivity index is 1.99. The molecule has 1 aromatic heterocycles. The Morgan fingerprint density at radius 2 is 1.95 bits per heavy atom. The molecule has 0 saturated heterocycles. The van der Waals surface area contributed by atoms with Gasteiger partial charge in [0.1, 0.15) is 5.75 Å². The zero-order valence-electron chi connectivity index (χ0n) is 10.8. The number of aromatic nitrogens is 2. The number of ether oxygens (including phenoxy) is 2. The fraction of sp³-hybridized carbons (Fsp3) is 0.286. The van der Waals surface area contributed by atoms with E-state index in [1.165, 1.54) is 0 Å². The summed E-state index contributed by atoms with van der Waals surface area (Å²) < 4.78 is 12.2. The van der Waals surface area contributed by atoms with Gasteiger partial charge in [-0.25, -0.2) is 4.79 Å². The molecule has 21 heavy (non-hydrogen) atoms. The van der Waals surface area contributed by atoms with E-state index in [0.29, 0.717) is 18.8 Å². The van der Waals surface area contributed by atoms with Gasteiger partial charge < -0.3 is 9.47 Å². The molecule has 2 aromatic rings. The van der Waals surface area contributed by atoms with Gasteiger partial charge in [0.2, 0.25) is 5.88 Å². The molecule has 2 aliphatic heterocycles. The van der Waals surface area contributed by atoms with Crippen LogP contribution in [0.15, 0.2) is 32.3 Å². The van der Waals surface area contributed by atoms with Gasteiger partial charge in [-0.05, 0) is 18.2 Å². The van der Waals surface area contributed by atoms with Crippen LogP contribution >= 0.6 is 15.9 Å². The zero-order chi connectivity index (χ0) is 14.6. The van der Waals surface area contributed by atoms with E-state index in [9.17, 15) is 9.59 Å². The zero-order valence-corrected chi connectivity index (χ0v) is 12.4. The normalized spacial score (nSPS) is 22.3. The summed E-state index contributed by atoms with van der Waals surface area (Å²) in [6.45, 7) is 0.889. The maximum Gasteiger partial charge on any atom is 0.328 e. The van der Waals surface area contributed by atoms with Crippen LogP contribution in [-0.2, 0) is 0 Å². The summed E-state index contributed by atoms with van der Waals surface area (Å²) in [6.07, 6.45) is 0. The molecule has 0 bridgehead atoms. The van der Waals surface area contributed by atoms with Gasteiger partial charge in [0.25, 0.3) is 5.56 Å². The minimum Gasteiger partial charge on any atom is -0.493 e. The monoisotopic (exact) mass is 350 g/mol. The SMILES string of the molecule is O=c1[nH]c2c(c(=O)[nH]1)[C@H]1c3cc(Br)ccc3OC[C@@H]1CO2. The topological polar surface area (TPSA) is 84.2 Å². The predicted octanol–water partition coefficient (Wildman–Crippen LogP) is 1.36. The minimum atomic E-state index is -0.557. The maximum absolute atomic E-state index is 12.2. The van der Waals surface area contributed by atoms with Crippen molar-refractivity contribution in [2.75, 3.05) is 13.2 Å². The van der Waals surface area contributed by atoms with E-state index in [-0.39, 0.29) is 17.7 Å². The molecule has 6 nitrogen and oxygen atoms in total. The van der Waals surface area contributed by atoms with E-state index in [1.807, 2.05) is 18.2 Å². The fourth-order valence-electron chi connectivity index (χ4n) is 3.04. The van der Waals surface area contributed by atoms with E-state index in [2.05, 4.69) is 25.9 Å². The van der Waals surface area contributed by atoms with E-state index in [4.69, 9.17) is 9.47 Å². The van der Waals surface area contributed by atoms with Gasteiger partial charge in [-0.3, -0.25) is 14.8 Å². The van der Waals surface area contributed by atoms with Crippen LogP contribution in [0.1, 0.15) is 17.0 Å². The summed E-state index contributed by atoms with van der Waals surface area (Å²) in [5.74, 6) is 0.928. The van der Waals surface area contributed by atoms with Crippen molar-refractivity contribution in [2.24, 2.45) is 5.92 Å². The third-order valence-corrected chi connectivity index (χ3v) is 4.42. The van der Waals surface area contributed by atoms with Gasteiger partial charge in [-0.2, -0.15) is 0 Å². The van der Waals surface area contributed by atoms with Crippen molar-refractivity contribution < 1.29 is 9.47 Å². The molecule has 0 aliphatic carbocycles. The molecule has 2 aliphatic rings. The number of benzene rings is 1. The van der Waals surface area contributed by atoms with E-state index in [0.717, 1.165) is 15.8 Å². The quantitative estimate of drug-likeness (QED) is 0.751. The van der Waals surface area contributed by atoms with Crippen LogP contribution in [0.25, 0.3) is 0 Å². The first-order chi connectivity index (χ1) is 10.1. The van der Waals surface area contributed by atoms with Gasteiger partial charge in [-0.15, -0.1) is 0 Å². The molecule has 0 amide bonds. The summed E-state index contributed by atoms with van der Waals surface area (Å²) >= 11 is 3.45. The average Bonchev–Trinajstić information content (AvgIpc) is 2.46. The van der Waals surface area contributed by atoms with E-state index in [1.54, 1.807) is 0 Å². The van der Waals surface area contributed by atoms with Crippen molar-refractivity contribution in [3.05, 3.63) is 54.6 Å². The largest absolute Gasteiger partial charge is 0.493 e. The van der Waals surface area contributed by atoms with Crippen LogP contribution in [-0.4, -0.2) is 23.2 Å². The number of H-pyrrole nitrogens is 2. The molecule has 3 heterocycles. The number of hydrogen-bond acceptors (Lipinski definition) is 4. The van der Waals surface area contributed by atoms with Crippen LogP contribution < -0.4 is 20.7 Å². The first-order valence-electron chi connectivity index (χ1n) is 6.55. The molecule has 2 atom stereocenters. The number of aromatic amines is 2. The first kappa shape index (κ1) is 12.7. The number of hydrogen-bond donors (Lipinski definition) is 2. The molecule has 108 valence electrons. The summed E-state index contributed by atoms with van der Waals surface area (Å²) in [7, 11) is 0. The first-order valence-corrected chi connectivity index (χ1v) is 7.34. The molecule has 0 radical (unpaired) electrons. The summed E-state index contributed by atoms with van der Waals surface area (Å²) in [6, 6.07) is 5.73. The van der Waals surface area contributed by atoms with Crippen LogP contribution in [0.5, 0.6) is 11.6 Å². The number of rotatable bonds is 0. The van der Waals surface area contributed by atoms with Crippen LogP contribution in [0.2, 0.25) is 0 Å². The standard InChI is InChI=1S/C14H11BrN2O4/c15-7-1-2-9-8(3-7)10-6(4-20-9)5-21-13-11(10)12(18)16-14(19)17-13/h1-3,6,10H,4-5H2,(H2,16,17,18,19)/t6-,10-/m1/s1. The lowest BCUT2D eigenvalue weighted by Crippen LogP contribution is -2.40. The maximum atomic E-state index is 12.2. The Labute approximate surface area is 127 Å². The van der Waals surface area contributed by atoms with Gasteiger partial charge in [0, 0.05) is 21.9 Å². The molecule has 0 spiro atoms. The smallest absolute Gasteiger partial charge is 0.328 e. The van der Waals surface area contributed by atoms with Crippen molar-refractivity contribution in [1.29, 1.82) is 0 Å². The average molecular weight is 351 g/mol. The molecule has 7 heteroatoms. The van der Waals surface area contributed by atoms with Crippen LogP contribution in [0.3, 0.4) is 0 Å². The van der Waals surface area contributed by atoms with Gasteiger partial charge in [0.05, 0.1) is 18.8 Å². The van der Waals surface area contributed by atoms with Crippen molar-refractivity contribution in [3.63, 3.8) is 0 Å². The summed E-state index contributed by atoms with van der Waals surface area (Å²) in [5, 5.41) is 0. The van der Waals surface area contributed by atoms with Crippen LogP contribution in [0, 0.1) is 5.92 Å². The molecule has 2 N–H and O–H groups in total. The predicted molar refractivity (Wildman–Crippen MR) is 78.1 cm³/mol. The Morgan fingerprint density at radius 1 is 1.14 bits per heavy atom. The van der Waals surface area contributed by atoms with Gasteiger partial charge in [0.15, 0.2) is 0 Å². The second-order valence-corrected chi connectivity index (χ2v) is 6.11. The van der Waals surface area contributed by atoms with Crippen molar-refractivity contribution >= 4 is 15.9 Å². The van der Waals surface area contributed by atoms with Gasteiger partial charge in [-0.1, -0.05) is 15.9 Å². The molecule has 0 fully saturated rings. The Bertz CT molecular complexity index is 842. The highest BCUT2D eigenvalue weighted by atomic mass is 79.9. The van der Waals surface area contributed by atoms with E-state index < -0.39 is 11.2 Å². The molecular formula is C14H11BrN2O4. The molecule has 1 aromatic carbocycles. The number of fused-ring (bicyclic) bond motifs is 5. The highest BCUT2D eigenvalue weighted by molar-refractivity contribution is 9.10.